The number of nitrogens with one attached hydrogen (secondary N) is 2. The predicted molar refractivity (Wildman–Crippen MR) is 68.3 cm³/mol. The molecule has 1 aliphatic carbocycles. The van der Waals surface area contributed by atoms with Crippen LogP contribution in [-0.4, -0.2) is 61.3 Å². The Balaban J connectivity index is 1.49. The maximum Gasteiger partial charge on any atom is 0.239 e. The van der Waals surface area contributed by atoms with Gasteiger partial charge in [0.25, 0.3) is 0 Å². The van der Waals surface area contributed by atoms with Crippen molar-refractivity contribution in [3.8, 4) is 0 Å². The van der Waals surface area contributed by atoms with Gasteiger partial charge in [0, 0.05) is 31.2 Å². The number of amides is 1. The second-order valence-electron chi connectivity index (χ2n) is 5.80. The number of carbonyl (C=O) groups is 1. The lowest BCUT2D eigenvalue weighted by Gasteiger charge is -2.24. The Hall–Kier alpha value is -0.650. The Labute approximate surface area is 108 Å². The first-order valence-electron chi connectivity index (χ1n) is 7.11. The number of carbonyl (C=O) groups excluding carboxylic acids is 1. The maximum absolute atomic E-state index is 12.1. The molecule has 5 nitrogen and oxygen atoms in total. The number of hydrogen-bond donors (Lipinski definition) is 2. The van der Waals surface area contributed by atoms with Gasteiger partial charge in [-0.1, -0.05) is 0 Å². The fourth-order valence-corrected chi connectivity index (χ4v) is 3.11. The summed E-state index contributed by atoms with van der Waals surface area (Å²) in [5, 5.41) is 6.37. The van der Waals surface area contributed by atoms with Gasteiger partial charge in [-0.25, -0.2) is 0 Å². The van der Waals surface area contributed by atoms with Crippen molar-refractivity contribution in [2.75, 3.05) is 26.3 Å². The van der Waals surface area contributed by atoms with Gasteiger partial charge in [-0.15, -0.1) is 0 Å². The van der Waals surface area contributed by atoms with Gasteiger partial charge in [0.1, 0.15) is 6.04 Å². The van der Waals surface area contributed by atoms with Crippen LogP contribution in [0.2, 0.25) is 0 Å². The molecule has 3 aliphatic rings. The Morgan fingerprint density at radius 3 is 2.94 bits per heavy atom. The van der Waals surface area contributed by atoms with Crippen LogP contribution >= 0.6 is 0 Å². The SMILES string of the molecule is CC1CC(NC(=O)C2COCCN2)CN1C1CC1. The molecular formula is C13H23N3O2. The normalized spacial score (nSPS) is 37.7. The summed E-state index contributed by atoms with van der Waals surface area (Å²) < 4.78 is 5.32. The molecule has 0 spiro atoms. The molecular weight excluding hydrogens is 230 g/mol. The van der Waals surface area contributed by atoms with Crippen LogP contribution in [0, 0.1) is 0 Å². The zero-order chi connectivity index (χ0) is 12.5. The number of ether oxygens (including phenoxy) is 1. The first kappa shape index (κ1) is 12.4. The Kier molecular flexibility index (Phi) is 3.54. The summed E-state index contributed by atoms with van der Waals surface area (Å²) in [5.41, 5.74) is 0. The molecule has 0 aromatic heterocycles. The van der Waals surface area contributed by atoms with E-state index in [1.165, 1.54) is 12.8 Å². The smallest absolute Gasteiger partial charge is 0.239 e. The summed E-state index contributed by atoms with van der Waals surface area (Å²) >= 11 is 0. The maximum atomic E-state index is 12.1. The van der Waals surface area contributed by atoms with Gasteiger partial charge >= 0.3 is 0 Å². The summed E-state index contributed by atoms with van der Waals surface area (Å²) in [5.74, 6) is 0.101. The van der Waals surface area contributed by atoms with E-state index in [0.717, 1.165) is 25.6 Å². The second kappa shape index (κ2) is 5.15. The van der Waals surface area contributed by atoms with Gasteiger partial charge in [-0.3, -0.25) is 9.69 Å². The van der Waals surface area contributed by atoms with E-state index in [4.69, 9.17) is 4.74 Å². The van der Waals surface area contributed by atoms with Crippen LogP contribution in [0.15, 0.2) is 0 Å². The Morgan fingerprint density at radius 1 is 1.44 bits per heavy atom. The van der Waals surface area contributed by atoms with Crippen LogP contribution in [0.25, 0.3) is 0 Å². The highest BCUT2D eigenvalue weighted by molar-refractivity contribution is 5.82. The molecule has 0 bridgehead atoms. The molecule has 2 aliphatic heterocycles. The zero-order valence-electron chi connectivity index (χ0n) is 11.0. The van der Waals surface area contributed by atoms with Crippen molar-refractivity contribution in [2.24, 2.45) is 0 Å². The van der Waals surface area contributed by atoms with Crippen molar-refractivity contribution in [1.82, 2.24) is 15.5 Å². The zero-order valence-corrected chi connectivity index (χ0v) is 11.0. The Morgan fingerprint density at radius 2 is 2.28 bits per heavy atom. The van der Waals surface area contributed by atoms with E-state index in [1.807, 2.05) is 0 Å². The molecule has 18 heavy (non-hydrogen) atoms. The van der Waals surface area contributed by atoms with E-state index in [0.29, 0.717) is 25.3 Å². The fraction of sp³-hybridized carbons (Fsp3) is 0.923. The van der Waals surface area contributed by atoms with Crippen LogP contribution in [0.1, 0.15) is 26.2 Å². The number of morpholine rings is 1. The average Bonchev–Trinajstić information content (AvgIpc) is 3.15. The molecule has 1 saturated carbocycles. The lowest BCUT2D eigenvalue weighted by Crippen LogP contribution is -2.53. The molecule has 3 fully saturated rings. The van der Waals surface area contributed by atoms with E-state index in [-0.39, 0.29) is 11.9 Å². The van der Waals surface area contributed by atoms with Crippen LogP contribution in [-0.2, 0) is 9.53 Å². The van der Waals surface area contributed by atoms with Crippen LogP contribution in [0.4, 0.5) is 0 Å². The summed E-state index contributed by atoms with van der Waals surface area (Å²) in [7, 11) is 0. The van der Waals surface area contributed by atoms with Gasteiger partial charge in [-0.2, -0.15) is 0 Å². The molecule has 102 valence electrons. The molecule has 0 aromatic rings. The highest BCUT2D eigenvalue weighted by Crippen LogP contribution is 2.33. The van der Waals surface area contributed by atoms with Crippen molar-refractivity contribution < 1.29 is 9.53 Å². The molecule has 3 rings (SSSR count). The summed E-state index contributed by atoms with van der Waals surface area (Å²) in [6.07, 6.45) is 3.75. The quantitative estimate of drug-likeness (QED) is 0.726. The molecule has 5 heteroatoms. The van der Waals surface area contributed by atoms with Gasteiger partial charge < -0.3 is 15.4 Å². The number of rotatable bonds is 3. The largest absolute Gasteiger partial charge is 0.378 e. The summed E-state index contributed by atoms with van der Waals surface area (Å²) in [4.78, 5) is 14.6. The average molecular weight is 253 g/mol. The van der Waals surface area contributed by atoms with Gasteiger partial charge in [0.05, 0.1) is 13.2 Å². The Bertz CT molecular complexity index is 313. The molecule has 3 unspecified atom stereocenters. The third kappa shape index (κ3) is 2.68. The predicted octanol–water partition coefficient (Wildman–Crippen LogP) is -0.284. The first-order chi connectivity index (χ1) is 8.74. The number of hydrogen-bond acceptors (Lipinski definition) is 4. The van der Waals surface area contributed by atoms with Gasteiger partial charge in [-0.05, 0) is 26.2 Å². The molecule has 2 N–H and O–H groups in total. The number of likely N-dealkylation sites (tertiary alicyclic amines) is 1. The monoisotopic (exact) mass is 253 g/mol. The third-order valence-electron chi connectivity index (χ3n) is 4.22. The summed E-state index contributed by atoms with van der Waals surface area (Å²) in [6.45, 7) is 5.27. The van der Waals surface area contributed by atoms with E-state index in [1.54, 1.807) is 0 Å². The third-order valence-corrected chi connectivity index (χ3v) is 4.22. The van der Waals surface area contributed by atoms with Crippen LogP contribution in [0.3, 0.4) is 0 Å². The highest BCUT2D eigenvalue weighted by Gasteiger charge is 2.39. The number of nitrogens with zero attached hydrogens (tertiary/aromatic N) is 1. The molecule has 2 heterocycles. The molecule has 0 aromatic carbocycles. The molecule has 0 radical (unpaired) electrons. The van der Waals surface area contributed by atoms with E-state index < -0.39 is 0 Å². The van der Waals surface area contributed by atoms with E-state index in [2.05, 4.69) is 22.5 Å². The van der Waals surface area contributed by atoms with Gasteiger partial charge in [0.2, 0.25) is 5.91 Å². The van der Waals surface area contributed by atoms with Crippen molar-refractivity contribution in [3.63, 3.8) is 0 Å². The lowest BCUT2D eigenvalue weighted by molar-refractivity contribution is -0.126. The minimum atomic E-state index is -0.163. The second-order valence-corrected chi connectivity index (χ2v) is 5.80. The standard InChI is InChI=1S/C13H23N3O2/c1-9-6-10(7-16(9)11-2-3-11)15-13(17)12-8-18-5-4-14-12/h9-12,14H,2-8H2,1H3,(H,15,17). The summed E-state index contributed by atoms with van der Waals surface area (Å²) in [6, 6.07) is 1.55. The molecule has 2 saturated heterocycles. The van der Waals surface area contributed by atoms with E-state index >= 15 is 0 Å². The van der Waals surface area contributed by atoms with Crippen molar-refractivity contribution in [2.45, 2.75) is 50.4 Å². The van der Waals surface area contributed by atoms with Gasteiger partial charge in [0.15, 0.2) is 0 Å². The minimum Gasteiger partial charge on any atom is -0.378 e. The topological polar surface area (TPSA) is 53.6 Å². The van der Waals surface area contributed by atoms with Crippen molar-refractivity contribution in [1.29, 1.82) is 0 Å². The van der Waals surface area contributed by atoms with Crippen molar-refractivity contribution in [3.05, 3.63) is 0 Å². The highest BCUT2D eigenvalue weighted by atomic mass is 16.5. The molecule has 1 amide bonds. The lowest BCUT2D eigenvalue weighted by atomic mass is 10.1. The van der Waals surface area contributed by atoms with E-state index in [9.17, 15) is 4.79 Å². The van der Waals surface area contributed by atoms with Crippen LogP contribution < -0.4 is 10.6 Å². The molecule has 3 atom stereocenters. The first-order valence-corrected chi connectivity index (χ1v) is 7.11. The van der Waals surface area contributed by atoms with Crippen molar-refractivity contribution >= 4 is 5.91 Å². The minimum absolute atomic E-state index is 0.101. The fourth-order valence-electron chi connectivity index (χ4n) is 3.11. The van der Waals surface area contributed by atoms with Crippen LogP contribution in [0.5, 0.6) is 0 Å².